The monoisotopic (exact) mass is 317 g/mol. The molecule has 0 amide bonds. The van der Waals surface area contributed by atoms with E-state index in [1.54, 1.807) is 0 Å². The van der Waals surface area contributed by atoms with Crippen LogP contribution in [0.1, 0.15) is 0 Å². The summed E-state index contributed by atoms with van der Waals surface area (Å²) >= 11 is 0. The van der Waals surface area contributed by atoms with E-state index in [0.29, 0.717) is 11.6 Å². The summed E-state index contributed by atoms with van der Waals surface area (Å²) in [5.74, 6) is 0.828. The number of aromatic nitrogens is 4. The van der Waals surface area contributed by atoms with Gasteiger partial charge in [-0.05, 0) is 17.1 Å². The third-order valence-corrected chi connectivity index (χ3v) is 3.59. The molecule has 7 heteroatoms. The number of fused-ring (bicyclic) bond motifs is 1. The Morgan fingerprint density at radius 3 is 2.42 bits per heavy atom. The third kappa shape index (κ3) is 2.38. The first-order chi connectivity index (χ1) is 11.7. The maximum absolute atomic E-state index is 10.9. The molecule has 0 N–H and O–H groups in total. The Morgan fingerprint density at radius 2 is 1.67 bits per heavy atom. The quantitative estimate of drug-likeness (QED) is 0.427. The molecule has 0 saturated carbocycles. The number of para-hydroxylation sites is 1. The van der Waals surface area contributed by atoms with Crippen molar-refractivity contribution in [2.45, 2.75) is 0 Å². The lowest BCUT2D eigenvalue weighted by atomic mass is 10.2. The molecule has 0 aliphatic heterocycles. The van der Waals surface area contributed by atoms with E-state index in [4.69, 9.17) is 0 Å². The molecule has 0 unspecified atom stereocenters. The van der Waals surface area contributed by atoms with Crippen LogP contribution in [0.2, 0.25) is 0 Å². The van der Waals surface area contributed by atoms with E-state index in [1.165, 1.54) is 16.9 Å². The lowest BCUT2D eigenvalue weighted by Gasteiger charge is -2.06. The SMILES string of the molecule is O=[N+]([O-])c1ccn(-c2nc(-c3ccccc3)nc3ccccc23)n1. The smallest absolute Gasteiger partial charge is 0.358 e. The van der Waals surface area contributed by atoms with Crippen LogP contribution >= 0.6 is 0 Å². The Morgan fingerprint density at radius 1 is 0.917 bits per heavy atom. The van der Waals surface area contributed by atoms with Crippen LogP contribution in [0, 0.1) is 10.1 Å². The fourth-order valence-electron chi connectivity index (χ4n) is 2.48. The minimum atomic E-state index is -0.530. The largest absolute Gasteiger partial charge is 0.390 e. The Labute approximate surface area is 136 Å². The molecule has 0 atom stereocenters. The molecule has 0 spiro atoms. The summed E-state index contributed by atoms with van der Waals surface area (Å²) in [7, 11) is 0. The molecular formula is C17H11N5O2. The Bertz CT molecular complexity index is 1040. The van der Waals surface area contributed by atoms with Crippen molar-refractivity contribution in [2.24, 2.45) is 0 Å². The van der Waals surface area contributed by atoms with Crippen LogP contribution in [0.4, 0.5) is 5.82 Å². The minimum Gasteiger partial charge on any atom is -0.358 e. The van der Waals surface area contributed by atoms with Gasteiger partial charge in [0.1, 0.15) is 0 Å². The predicted octanol–water partition coefficient (Wildman–Crippen LogP) is 3.39. The van der Waals surface area contributed by atoms with Crippen molar-refractivity contribution in [1.82, 2.24) is 19.7 Å². The van der Waals surface area contributed by atoms with Gasteiger partial charge in [0.15, 0.2) is 11.6 Å². The molecular weight excluding hydrogens is 306 g/mol. The number of rotatable bonds is 3. The highest BCUT2D eigenvalue weighted by Crippen LogP contribution is 2.24. The molecule has 0 aliphatic carbocycles. The molecule has 2 aromatic heterocycles. The zero-order valence-corrected chi connectivity index (χ0v) is 12.4. The molecule has 0 aliphatic rings. The van der Waals surface area contributed by atoms with Gasteiger partial charge < -0.3 is 10.1 Å². The van der Waals surface area contributed by atoms with Gasteiger partial charge in [-0.2, -0.15) is 0 Å². The zero-order chi connectivity index (χ0) is 16.5. The molecule has 7 nitrogen and oxygen atoms in total. The Hall–Kier alpha value is -3.61. The minimum absolute atomic E-state index is 0.223. The van der Waals surface area contributed by atoms with Crippen molar-refractivity contribution < 1.29 is 4.92 Å². The summed E-state index contributed by atoms with van der Waals surface area (Å²) in [6.45, 7) is 0. The average molecular weight is 317 g/mol. The molecule has 0 radical (unpaired) electrons. The van der Waals surface area contributed by atoms with Crippen molar-refractivity contribution in [1.29, 1.82) is 0 Å². The molecule has 4 rings (SSSR count). The van der Waals surface area contributed by atoms with Crippen LogP contribution < -0.4 is 0 Å². The van der Waals surface area contributed by atoms with Crippen molar-refractivity contribution in [3.05, 3.63) is 77.0 Å². The number of hydrogen-bond acceptors (Lipinski definition) is 5. The molecule has 24 heavy (non-hydrogen) atoms. The standard InChI is InChI=1S/C17H11N5O2/c23-22(24)15-10-11-21(20-15)17-13-8-4-5-9-14(13)18-16(19-17)12-6-2-1-3-7-12/h1-11H. The molecule has 2 heterocycles. The first-order valence-corrected chi connectivity index (χ1v) is 7.25. The number of benzene rings is 2. The van der Waals surface area contributed by atoms with Gasteiger partial charge >= 0.3 is 5.82 Å². The summed E-state index contributed by atoms with van der Waals surface area (Å²) in [6, 6.07) is 18.4. The maximum atomic E-state index is 10.9. The second kappa shape index (κ2) is 5.54. The van der Waals surface area contributed by atoms with Crippen LogP contribution in [-0.2, 0) is 0 Å². The van der Waals surface area contributed by atoms with Crippen LogP contribution in [0.3, 0.4) is 0 Å². The maximum Gasteiger partial charge on any atom is 0.390 e. The van der Waals surface area contributed by atoms with Crippen LogP contribution in [0.15, 0.2) is 66.9 Å². The van der Waals surface area contributed by atoms with E-state index < -0.39 is 4.92 Å². The highest BCUT2D eigenvalue weighted by Gasteiger charge is 2.17. The van der Waals surface area contributed by atoms with Crippen molar-refractivity contribution >= 4 is 16.7 Å². The lowest BCUT2D eigenvalue weighted by molar-refractivity contribution is -0.389. The van der Waals surface area contributed by atoms with Gasteiger partial charge in [-0.15, -0.1) is 4.68 Å². The number of nitro groups is 1. The fourth-order valence-corrected chi connectivity index (χ4v) is 2.48. The van der Waals surface area contributed by atoms with Crippen molar-refractivity contribution in [2.75, 3.05) is 0 Å². The normalized spacial score (nSPS) is 10.8. The van der Waals surface area contributed by atoms with Crippen LogP contribution in [0.5, 0.6) is 0 Å². The number of nitrogens with zero attached hydrogens (tertiary/aromatic N) is 5. The highest BCUT2D eigenvalue weighted by molar-refractivity contribution is 5.86. The second-order valence-corrected chi connectivity index (χ2v) is 5.13. The van der Waals surface area contributed by atoms with E-state index in [1.807, 2.05) is 54.6 Å². The second-order valence-electron chi connectivity index (χ2n) is 5.13. The average Bonchev–Trinajstić information content (AvgIpc) is 3.12. The molecule has 0 fully saturated rings. The summed E-state index contributed by atoms with van der Waals surface area (Å²) in [4.78, 5) is 19.5. The van der Waals surface area contributed by atoms with E-state index >= 15 is 0 Å². The van der Waals surface area contributed by atoms with E-state index in [9.17, 15) is 10.1 Å². The van der Waals surface area contributed by atoms with Crippen molar-refractivity contribution in [3.63, 3.8) is 0 Å². The van der Waals surface area contributed by atoms with Crippen molar-refractivity contribution in [3.8, 4) is 17.2 Å². The van der Waals surface area contributed by atoms with Gasteiger partial charge in [0, 0.05) is 10.9 Å². The molecule has 2 aromatic carbocycles. The molecule has 4 aromatic rings. The van der Waals surface area contributed by atoms with E-state index in [-0.39, 0.29) is 5.82 Å². The Kier molecular flexibility index (Phi) is 3.24. The third-order valence-electron chi connectivity index (χ3n) is 3.59. The van der Waals surface area contributed by atoms with Crippen LogP contribution in [-0.4, -0.2) is 24.7 Å². The summed E-state index contributed by atoms with van der Waals surface area (Å²) in [5.41, 5.74) is 1.62. The van der Waals surface area contributed by atoms with E-state index in [0.717, 1.165) is 16.5 Å². The topological polar surface area (TPSA) is 86.7 Å². The molecule has 116 valence electrons. The zero-order valence-electron chi connectivity index (χ0n) is 12.4. The van der Waals surface area contributed by atoms with Gasteiger partial charge in [-0.3, -0.25) is 0 Å². The predicted molar refractivity (Wildman–Crippen MR) is 88.8 cm³/mol. The summed E-state index contributed by atoms with van der Waals surface area (Å²) in [6.07, 6.45) is 1.53. The van der Waals surface area contributed by atoms with Gasteiger partial charge in [0.2, 0.25) is 0 Å². The molecule has 0 saturated heterocycles. The highest BCUT2D eigenvalue weighted by atomic mass is 16.6. The Balaban J connectivity index is 1.97. The lowest BCUT2D eigenvalue weighted by Crippen LogP contribution is -2.03. The first-order valence-electron chi connectivity index (χ1n) is 7.25. The van der Waals surface area contributed by atoms with Gasteiger partial charge in [-0.25, -0.2) is 9.97 Å². The number of hydrogen-bond donors (Lipinski definition) is 0. The van der Waals surface area contributed by atoms with Gasteiger partial charge in [0.05, 0.1) is 22.9 Å². The van der Waals surface area contributed by atoms with E-state index in [2.05, 4.69) is 15.1 Å². The van der Waals surface area contributed by atoms with Gasteiger partial charge in [-0.1, -0.05) is 42.5 Å². The van der Waals surface area contributed by atoms with Crippen LogP contribution in [0.25, 0.3) is 28.1 Å². The summed E-state index contributed by atoms with van der Waals surface area (Å²) < 4.78 is 1.41. The molecule has 0 bridgehead atoms. The summed E-state index contributed by atoms with van der Waals surface area (Å²) in [5, 5.41) is 15.7. The fraction of sp³-hybridized carbons (Fsp3) is 0. The first kappa shape index (κ1) is 14.0. The van der Waals surface area contributed by atoms with Gasteiger partial charge in [0.25, 0.3) is 0 Å².